The largest absolute Gasteiger partial charge is 0.316 e. The Morgan fingerprint density at radius 3 is 2.92 bits per heavy atom. The smallest absolute Gasteiger partial charge is 0.146 e. The van der Waals surface area contributed by atoms with E-state index in [-0.39, 0.29) is 0 Å². The highest BCUT2D eigenvalue weighted by atomic mass is 15.3. The minimum atomic E-state index is 0.636. The molecule has 4 nitrogen and oxygen atoms in total. The normalized spacial score (nSPS) is 11.1. The highest BCUT2D eigenvalue weighted by Gasteiger charge is 2.04. The highest BCUT2D eigenvalue weighted by molar-refractivity contribution is 4.85. The molecule has 1 aromatic heterocycles. The molecule has 1 N–H and O–H groups in total. The van der Waals surface area contributed by atoms with E-state index in [0.29, 0.717) is 5.92 Å². The first-order valence-corrected chi connectivity index (χ1v) is 4.81. The molecule has 0 saturated carbocycles. The number of nitrogens with one attached hydrogen (secondary N) is 1. The van der Waals surface area contributed by atoms with Crippen molar-refractivity contribution in [3.05, 3.63) is 12.2 Å². The van der Waals surface area contributed by atoms with Crippen LogP contribution in [-0.2, 0) is 13.1 Å². The summed E-state index contributed by atoms with van der Waals surface area (Å²) >= 11 is 0. The fourth-order valence-corrected chi connectivity index (χ4v) is 1.20. The Balaban J connectivity index is 2.55. The molecule has 0 unspecified atom stereocenters. The van der Waals surface area contributed by atoms with E-state index in [1.807, 2.05) is 0 Å². The summed E-state index contributed by atoms with van der Waals surface area (Å²) in [7, 11) is 0. The molecule has 0 spiro atoms. The van der Waals surface area contributed by atoms with Crippen molar-refractivity contribution in [1.29, 1.82) is 0 Å². The molecular weight excluding hydrogens is 164 g/mol. The molecule has 0 fully saturated rings. The average molecular weight is 182 g/mol. The van der Waals surface area contributed by atoms with Crippen molar-refractivity contribution < 1.29 is 0 Å². The van der Waals surface area contributed by atoms with Crippen LogP contribution in [0.5, 0.6) is 0 Å². The van der Waals surface area contributed by atoms with E-state index in [0.717, 1.165) is 25.5 Å². The van der Waals surface area contributed by atoms with Crippen molar-refractivity contribution in [2.24, 2.45) is 5.92 Å². The molecule has 0 radical (unpaired) electrons. The Bertz CT molecular complexity index is 242. The first-order valence-electron chi connectivity index (χ1n) is 4.81. The molecule has 1 heterocycles. The zero-order valence-corrected chi connectivity index (χ0v) is 8.62. The molecule has 13 heavy (non-hydrogen) atoms. The summed E-state index contributed by atoms with van der Waals surface area (Å²) in [4.78, 5) is 0. The van der Waals surface area contributed by atoms with Gasteiger partial charge in [0.15, 0.2) is 0 Å². The van der Waals surface area contributed by atoms with Crippen LogP contribution in [0.2, 0.25) is 0 Å². The van der Waals surface area contributed by atoms with Gasteiger partial charge in [-0.1, -0.05) is 20.8 Å². The summed E-state index contributed by atoms with van der Waals surface area (Å²) in [5, 5.41) is 11.2. The fourth-order valence-electron chi connectivity index (χ4n) is 1.20. The van der Waals surface area contributed by atoms with Crippen LogP contribution < -0.4 is 5.32 Å². The van der Waals surface area contributed by atoms with E-state index >= 15 is 0 Å². The average Bonchev–Trinajstić information content (AvgIpc) is 2.48. The van der Waals surface area contributed by atoms with Gasteiger partial charge in [0.25, 0.3) is 0 Å². The van der Waals surface area contributed by atoms with E-state index in [1.165, 1.54) is 0 Å². The molecule has 0 bridgehead atoms. The number of rotatable bonds is 5. The van der Waals surface area contributed by atoms with Crippen LogP contribution in [-0.4, -0.2) is 21.3 Å². The maximum atomic E-state index is 4.06. The van der Waals surface area contributed by atoms with Gasteiger partial charge >= 0.3 is 0 Å². The maximum Gasteiger partial charge on any atom is 0.146 e. The Morgan fingerprint density at radius 1 is 1.54 bits per heavy atom. The quantitative estimate of drug-likeness (QED) is 0.740. The number of aromatic nitrogens is 3. The Morgan fingerprint density at radius 2 is 2.31 bits per heavy atom. The summed E-state index contributed by atoms with van der Waals surface area (Å²) in [6.45, 7) is 9.24. The summed E-state index contributed by atoms with van der Waals surface area (Å²) < 4.78 is 2.10. The van der Waals surface area contributed by atoms with Crippen molar-refractivity contribution >= 4 is 0 Å². The molecule has 74 valence electrons. The van der Waals surface area contributed by atoms with Crippen LogP contribution in [0.25, 0.3) is 0 Å². The highest BCUT2D eigenvalue weighted by Crippen LogP contribution is 2.01. The van der Waals surface area contributed by atoms with E-state index in [9.17, 15) is 0 Å². The third-order valence-corrected chi connectivity index (χ3v) is 1.79. The standard InChI is InChI=1S/C9H18N4/c1-4-10-5-9-12-11-7-13(9)6-8(2)3/h7-8,10H,4-6H2,1-3H3. The van der Waals surface area contributed by atoms with Crippen molar-refractivity contribution in [2.45, 2.75) is 33.9 Å². The molecule has 0 saturated heterocycles. The van der Waals surface area contributed by atoms with Gasteiger partial charge in [0, 0.05) is 6.54 Å². The number of hydrogen-bond acceptors (Lipinski definition) is 3. The fraction of sp³-hybridized carbons (Fsp3) is 0.778. The Labute approximate surface area is 79.4 Å². The lowest BCUT2D eigenvalue weighted by Gasteiger charge is -2.08. The van der Waals surface area contributed by atoms with Crippen molar-refractivity contribution in [2.75, 3.05) is 6.54 Å². The van der Waals surface area contributed by atoms with Gasteiger partial charge in [-0.05, 0) is 12.5 Å². The SMILES string of the molecule is CCNCc1nncn1CC(C)C. The van der Waals surface area contributed by atoms with Gasteiger partial charge in [0.05, 0.1) is 6.54 Å². The molecule has 0 amide bonds. The second-order valence-electron chi connectivity index (χ2n) is 3.57. The van der Waals surface area contributed by atoms with Crippen LogP contribution in [0.3, 0.4) is 0 Å². The number of nitrogens with zero attached hydrogens (tertiary/aromatic N) is 3. The van der Waals surface area contributed by atoms with Gasteiger partial charge in [-0.3, -0.25) is 0 Å². The molecule has 4 heteroatoms. The molecule has 1 aromatic rings. The van der Waals surface area contributed by atoms with Crippen LogP contribution in [0, 0.1) is 5.92 Å². The van der Waals surface area contributed by atoms with E-state index < -0.39 is 0 Å². The predicted molar refractivity (Wildman–Crippen MR) is 52.2 cm³/mol. The van der Waals surface area contributed by atoms with E-state index in [4.69, 9.17) is 0 Å². The lowest BCUT2D eigenvalue weighted by molar-refractivity contribution is 0.498. The van der Waals surface area contributed by atoms with Gasteiger partial charge < -0.3 is 9.88 Å². The lowest BCUT2D eigenvalue weighted by atomic mass is 10.2. The Hall–Kier alpha value is -0.900. The first kappa shape index (κ1) is 10.2. The summed E-state index contributed by atoms with van der Waals surface area (Å²) in [5.41, 5.74) is 0. The number of hydrogen-bond donors (Lipinski definition) is 1. The van der Waals surface area contributed by atoms with Crippen LogP contribution >= 0.6 is 0 Å². The van der Waals surface area contributed by atoms with Crippen molar-refractivity contribution in [3.8, 4) is 0 Å². The van der Waals surface area contributed by atoms with E-state index in [2.05, 4.69) is 40.9 Å². The van der Waals surface area contributed by atoms with Gasteiger partial charge in [-0.15, -0.1) is 10.2 Å². The van der Waals surface area contributed by atoms with Crippen LogP contribution in [0.15, 0.2) is 6.33 Å². The van der Waals surface area contributed by atoms with Crippen LogP contribution in [0.4, 0.5) is 0 Å². The monoisotopic (exact) mass is 182 g/mol. The minimum absolute atomic E-state index is 0.636. The molecule has 1 rings (SSSR count). The van der Waals surface area contributed by atoms with Crippen LogP contribution in [0.1, 0.15) is 26.6 Å². The molecule has 0 atom stereocenters. The van der Waals surface area contributed by atoms with Crippen molar-refractivity contribution in [3.63, 3.8) is 0 Å². The minimum Gasteiger partial charge on any atom is -0.316 e. The van der Waals surface area contributed by atoms with E-state index in [1.54, 1.807) is 6.33 Å². The summed E-state index contributed by atoms with van der Waals surface area (Å²) in [6.07, 6.45) is 1.80. The van der Waals surface area contributed by atoms with Gasteiger partial charge in [0.1, 0.15) is 12.2 Å². The molecule has 0 aliphatic rings. The van der Waals surface area contributed by atoms with Gasteiger partial charge in [-0.2, -0.15) is 0 Å². The Kier molecular flexibility index (Phi) is 3.89. The third-order valence-electron chi connectivity index (χ3n) is 1.79. The summed E-state index contributed by atoms with van der Waals surface area (Å²) in [5.74, 6) is 1.66. The molecular formula is C9H18N4. The van der Waals surface area contributed by atoms with Gasteiger partial charge in [-0.25, -0.2) is 0 Å². The molecule has 0 aromatic carbocycles. The second-order valence-corrected chi connectivity index (χ2v) is 3.57. The summed E-state index contributed by atoms with van der Waals surface area (Å²) in [6, 6.07) is 0. The topological polar surface area (TPSA) is 42.7 Å². The first-order chi connectivity index (χ1) is 6.24. The molecule has 0 aliphatic carbocycles. The molecule has 0 aliphatic heterocycles. The zero-order valence-electron chi connectivity index (χ0n) is 8.62. The second kappa shape index (κ2) is 4.97. The van der Waals surface area contributed by atoms with Gasteiger partial charge in [0.2, 0.25) is 0 Å². The lowest BCUT2D eigenvalue weighted by Crippen LogP contribution is -2.17. The zero-order chi connectivity index (χ0) is 9.68. The van der Waals surface area contributed by atoms with Crippen molar-refractivity contribution in [1.82, 2.24) is 20.1 Å². The predicted octanol–water partition coefficient (Wildman–Crippen LogP) is 1.04. The maximum absolute atomic E-state index is 4.06. The third kappa shape index (κ3) is 3.14.